The van der Waals surface area contributed by atoms with Gasteiger partial charge in [0.1, 0.15) is 0 Å². The van der Waals surface area contributed by atoms with Gasteiger partial charge in [-0.05, 0) is 18.1 Å². The molecule has 0 saturated carbocycles. The second-order valence-corrected chi connectivity index (χ2v) is 10.2. The highest BCUT2D eigenvalue weighted by atomic mass is 28.4. The van der Waals surface area contributed by atoms with Crippen molar-refractivity contribution in [3.63, 3.8) is 0 Å². The van der Waals surface area contributed by atoms with E-state index in [1.807, 2.05) is 0 Å². The van der Waals surface area contributed by atoms with Gasteiger partial charge in [0.2, 0.25) is 5.85 Å². The third kappa shape index (κ3) is 2.55. The van der Waals surface area contributed by atoms with E-state index in [4.69, 9.17) is 4.43 Å². The summed E-state index contributed by atoms with van der Waals surface area (Å²) in [5.74, 6) is -1.54. The third-order valence-corrected chi connectivity index (χ3v) is 7.61. The molecule has 0 aliphatic carbocycles. The molecule has 4 heteroatoms. The summed E-state index contributed by atoms with van der Waals surface area (Å²) in [6.07, 6.45) is 1.59. The van der Waals surface area contributed by atoms with Gasteiger partial charge in [0.05, 0.1) is 6.54 Å². The minimum atomic E-state index is -1.99. The quantitative estimate of drug-likeness (QED) is 0.719. The van der Waals surface area contributed by atoms with E-state index in [0.717, 1.165) is 0 Å². The van der Waals surface area contributed by atoms with Crippen LogP contribution in [0.5, 0.6) is 0 Å². The normalized spacial score (nSPS) is 29.6. The molecule has 0 aromatic heterocycles. The van der Waals surface area contributed by atoms with E-state index in [0.29, 0.717) is 13.1 Å². The molecule has 1 heterocycles. The van der Waals surface area contributed by atoms with Crippen LogP contribution in [0.25, 0.3) is 0 Å². The van der Waals surface area contributed by atoms with E-state index >= 15 is 0 Å². The lowest BCUT2D eigenvalue weighted by molar-refractivity contribution is -0.0244. The van der Waals surface area contributed by atoms with Gasteiger partial charge in [0.25, 0.3) is 0 Å². The highest BCUT2D eigenvalue weighted by Gasteiger charge is 2.46. The Kier molecular flexibility index (Phi) is 3.10. The molecule has 1 radical (unpaired) electrons. The van der Waals surface area contributed by atoms with Crippen LogP contribution < -0.4 is 5.32 Å². The molecular weight excluding hydrogens is 197 g/mol. The molecule has 0 spiro atoms. The zero-order valence-electron chi connectivity index (χ0n) is 9.78. The van der Waals surface area contributed by atoms with Crippen molar-refractivity contribution in [2.24, 2.45) is 0 Å². The first kappa shape index (κ1) is 12.1. The van der Waals surface area contributed by atoms with Crippen LogP contribution in [-0.2, 0) is 4.43 Å². The SMILES string of the molecule is CC(C)(C)[Si](C)(C)OC1(F)[CH]CNC1. The summed E-state index contributed by atoms with van der Waals surface area (Å²) in [7, 11) is -1.99. The number of rotatable bonds is 2. The average Bonchev–Trinajstić information content (AvgIpc) is 2.31. The molecule has 1 rings (SSSR count). The fourth-order valence-electron chi connectivity index (χ4n) is 1.19. The summed E-state index contributed by atoms with van der Waals surface area (Å²) in [5, 5.41) is 3.01. The molecular formula is C10H21FNOSi. The van der Waals surface area contributed by atoms with Crippen LogP contribution in [0.3, 0.4) is 0 Å². The lowest BCUT2D eigenvalue weighted by atomic mass is 10.2. The molecule has 0 aromatic rings. The Balaban J connectivity index is 2.67. The van der Waals surface area contributed by atoms with Gasteiger partial charge < -0.3 is 9.74 Å². The Morgan fingerprint density at radius 2 is 2.00 bits per heavy atom. The molecule has 1 aliphatic heterocycles. The maximum Gasteiger partial charge on any atom is 0.217 e. The summed E-state index contributed by atoms with van der Waals surface area (Å²) >= 11 is 0. The molecule has 14 heavy (non-hydrogen) atoms. The van der Waals surface area contributed by atoms with Crippen LogP contribution >= 0.6 is 0 Å². The van der Waals surface area contributed by atoms with E-state index in [1.54, 1.807) is 6.42 Å². The Labute approximate surface area is 87.4 Å². The largest absolute Gasteiger partial charge is 0.385 e. The van der Waals surface area contributed by atoms with Crippen LogP contribution in [0.15, 0.2) is 0 Å². The Bertz CT molecular complexity index is 207. The summed E-state index contributed by atoms with van der Waals surface area (Å²) in [5.41, 5.74) is 0. The highest BCUT2D eigenvalue weighted by Crippen LogP contribution is 2.40. The van der Waals surface area contributed by atoms with Crippen molar-refractivity contribution >= 4 is 8.32 Å². The van der Waals surface area contributed by atoms with Gasteiger partial charge in [-0.3, -0.25) is 0 Å². The smallest absolute Gasteiger partial charge is 0.217 e. The van der Waals surface area contributed by atoms with Crippen LogP contribution in [0.4, 0.5) is 4.39 Å². The van der Waals surface area contributed by atoms with Gasteiger partial charge in [-0.15, -0.1) is 0 Å². The van der Waals surface area contributed by atoms with Gasteiger partial charge in [-0.25, -0.2) is 4.39 Å². The molecule has 1 atom stereocenters. The zero-order valence-corrected chi connectivity index (χ0v) is 10.8. The first-order valence-corrected chi connectivity index (χ1v) is 8.01. The summed E-state index contributed by atoms with van der Waals surface area (Å²) in [6.45, 7) is 11.4. The van der Waals surface area contributed by atoms with E-state index < -0.39 is 14.2 Å². The monoisotopic (exact) mass is 218 g/mol. The van der Waals surface area contributed by atoms with Crippen LogP contribution in [0.1, 0.15) is 20.8 Å². The summed E-state index contributed by atoms with van der Waals surface area (Å²) in [4.78, 5) is 0. The van der Waals surface area contributed by atoms with Crippen molar-refractivity contribution in [1.29, 1.82) is 0 Å². The second-order valence-electron chi connectivity index (χ2n) is 5.48. The topological polar surface area (TPSA) is 21.3 Å². The average molecular weight is 218 g/mol. The van der Waals surface area contributed by atoms with Crippen molar-refractivity contribution in [3.05, 3.63) is 6.42 Å². The summed E-state index contributed by atoms with van der Waals surface area (Å²) < 4.78 is 19.7. The molecule has 0 aromatic carbocycles. The fraction of sp³-hybridized carbons (Fsp3) is 0.900. The number of nitrogens with one attached hydrogen (secondary N) is 1. The van der Waals surface area contributed by atoms with E-state index in [2.05, 4.69) is 39.2 Å². The first-order valence-electron chi connectivity index (χ1n) is 5.10. The number of hydrogen-bond acceptors (Lipinski definition) is 2. The van der Waals surface area contributed by atoms with E-state index in [9.17, 15) is 4.39 Å². The Hall–Kier alpha value is 0.0669. The highest BCUT2D eigenvalue weighted by molar-refractivity contribution is 6.74. The molecule has 0 bridgehead atoms. The van der Waals surface area contributed by atoms with Crippen LogP contribution in [-0.4, -0.2) is 27.3 Å². The van der Waals surface area contributed by atoms with Crippen molar-refractivity contribution in [2.45, 2.75) is 44.8 Å². The van der Waals surface area contributed by atoms with Gasteiger partial charge >= 0.3 is 0 Å². The molecule has 1 N–H and O–H groups in total. The molecule has 1 aliphatic rings. The fourth-order valence-corrected chi connectivity index (χ4v) is 2.50. The van der Waals surface area contributed by atoms with Crippen LogP contribution in [0, 0.1) is 6.42 Å². The number of alkyl halides is 1. The third-order valence-electron chi connectivity index (χ3n) is 3.15. The minimum absolute atomic E-state index is 0.0581. The first-order chi connectivity index (χ1) is 6.16. The van der Waals surface area contributed by atoms with Crippen LogP contribution in [0.2, 0.25) is 18.1 Å². The lowest BCUT2D eigenvalue weighted by Crippen LogP contribution is -2.49. The van der Waals surface area contributed by atoms with Crippen molar-refractivity contribution in [2.75, 3.05) is 13.1 Å². The molecule has 2 nitrogen and oxygen atoms in total. The van der Waals surface area contributed by atoms with E-state index in [1.165, 1.54) is 0 Å². The molecule has 1 fully saturated rings. The van der Waals surface area contributed by atoms with Gasteiger partial charge in [-0.1, -0.05) is 20.8 Å². The van der Waals surface area contributed by atoms with Gasteiger partial charge in [0, 0.05) is 13.0 Å². The maximum absolute atomic E-state index is 14.0. The second kappa shape index (κ2) is 3.58. The van der Waals surface area contributed by atoms with Gasteiger partial charge in [0.15, 0.2) is 8.32 Å². The van der Waals surface area contributed by atoms with Crippen molar-refractivity contribution in [1.82, 2.24) is 5.32 Å². The predicted octanol–water partition coefficient (Wildman–Crippen LogP) is 2.48. The van der Waals surface area contributed by atoms with Crippen molar-refractivity contribution < 1.29 is 8.82 Å². The van der Waals surface area contributed by atoms with Crippen molar-refractivity contribution in [3.8, 4) is 0 Å². The summed E-state index contributed by atoms with van der Waals surface area (Å²) in [6, 6.07) is 0. The lowest BCUT2D eigenvalue weighted by Gasteiger charge is -2.40. The molecule has 0 amide bonds. The zero-order chi connectivity index (χ0) is 11.0. The number of hydrogen-bond donors (Lipinski definition) is 1. The molecule has 1 saturated heterocycles. The predicted molar refractivity (Wildman–Crippen MR) is 59.3 cm³/mol. The molecule has 83 valence electrons. The molecule has 1 unspecified atom stereocenters. The van der Waals surface area contributed by atoms with E-state index in [-0.39, 0.29) is 5.04 Å². The Morgan fingerprint density at radius 1 is 1.43 bits per heavy atom. The van der Waals surface area contributed by atoms with Gasteiger partial charge in [-0.2, -0.15) is 0 Å². The Morgan fingerprint density at radius 3 is 2.36 bits per heavy atom. The minimum Gasteiger partial charge on any atom is -0.385 e. The maximum atomic E-state index is 14.0. The number of halogens is 1. The standard InChI is InChI=1S/C10H21FNOSi/c1-9(2,3)14(4,5)13-10(11)6-7-12-8-10/h6,12H,7-8H2,1-5H3.